The van der Waals surface area contributed by atoms with E-state index >= 15 is 0 Å². The number of benzene rings is 1. The van der Waals surface area contributed by atoms with Gasteiger partial charge in [-0.2, -0.15) is 0 Å². The first-order chi connectivity index (χ1) is 11.5. The predicted molar refractivity (Wildman–Crippen MR) is 98.6 cm³/mol. The Bertz CT molecular complexity index is 906. The van der Waals surface area contributed by atoms with Gasteiger partial charge in [-0.1, -0.05) is 17.7 Å². The highest BCUT2D eigenvalue weighted by Gasteiger charge is 2.11. The van der Waals surface area contributed by atoms with Gasteiger partial charge in [0, 0.05) is 36.2 Å². The highest BCUT2D eigenvalue weighted by molar-refractivity contribution is 6.29. The summed E-state index contributed by atoms with van der Waals surface area (Å²) >= 11 is 6.07. The van der Waals surface area contributed by atoms with Crippen molar-refractivity contribution in [3.63, 3.8) is 0 Å². The minimum atomic E-state index is -0.454. The molecule has 0 saturated carbocycles. The van der Waals surface area contributed by atoms with Gasteiger partial charge >= 0.3 is 0 Å². The minimum absolute atomic E-state index is 0. The molecule has 1 N–H and O–H groups in total. The average molecular weight is 378 g/mol. The summed E-state index contributed by atoms with van der Waals surface area (Å²) in [5.74, 6) is 0.255. The average Bonchev–Trinajstić information content (AvgIpc) is 2.57. The summed E-state index contributed by atoms with van der Waals surface area (Å²) in [6.07, 6.45) is 3.33. The number of aromatic nitrogens is 3. The fourth-order valence-electron chi connectivity index (χ4n) is 2.11. The lowest BCUT2D eigenvalue weighted by Gasteiger charge is -2.09. The summed E-state index contributed by atoms with van der Waals surface area (Å²) in [7, 11) is 0. The number of non-ortho nitro benzene ring substituents is 1. The maximum absolute atomic E-state index is 10.9. The maximum atomic E-state index is 10.9. The second-order valence-electron chi connectivity index (χ2n) is 5.02. The molecule has 0 radical (unpaired) electrons. The molecule has 0 aliphatic heterocycles. The van der Waals surface area contributed by atoms with Crippen molar-refractivity contribution in [2.24, 2.45) is 0 Å². The van der Waals surface area contributed by atoms with Crippen molar-refractivity contribution < 1.29 is 4.92 Å². The number of halogens is 2. The van der Waals surface area contributed by atoms with Crippen molar-refractivity contribution in [3.05, 3.63) is 69.6 Å². The molecule has 1 aromatic carbocycles. The van der Waals surface area contributed by atoms with Crippen molar-refractivity contribution in [3.8, 4) is 11.3 Å². The van der Waals surface area contributed by atoms with Crippen LogP contribution in [0.3, 0.4) is 0 Å². The Labute approximate surface area is 154 Å². The molecule has 0 fully saturated rings. The number of nitrogens with one attached hydrogen (secondary N) is 1. The van der Waals surface area contributed by atoms with Gasteiger partial charge in [0.15, 0.2) is 0 Å². The van der Waals surface area contributed by atoms with E-state index in [-0.39, 0.29) is 29.2 Å². The molecule has 3 rings (SSSR count). The fourth-order valence-corrected chi connectivity index (χ4v) is 2.30. The SMILES string of the molecule is Cc1ccc([N+](=O)[O-])cc1Nc1nc(Cl)cc(-c2cccnc2)n1.Cl. The van der Waals surface area contributed by atoms with Gasteiger partial charge in [0.25, 0.3) is 5.69 Å². The molecule has 2 heterocycles. The van der Waals surface area contributed by atoms with Gasteiger partial charge in [-0.3, -0.25) is 15.1 Å². The fraction of sp³-hybridized carbons (Fsp3) is 0.0625. The first-order valence-electron chi connectivity index (χ1n) is 7.00. The third kappa shape index (κ3) is 4.40. The van der Waals surface area contributed by atoms with Crippen molar-refractivity contribution in [2.45, 2.75) is 6.92 Å². The molecule has 2 aromatic heterocycles. The minimum Gasteiger partial charge on any atom is -0.324 e. The molecular weight excluding hydrogens is 365 g/mol. The summed E-state index contributed by atoms with van der Waals surface area (Å²) in [5.41, 5.74) is 2.75. The Morgan fingerprint density at radius 3 is 2.68 bits per heavy atom. The van der Waals surface area contributed by atoms with Crippen molar-refractivity contribution in [1.29, 1.82) is 0 Å². The second kappa shape index (κ2) is 7.87. The Kier molecular flexibility index (Phi) is 5.84. The molecule has 0 aliphatic rings. The van der Waals surface area contributed by atoms with Crippen LogP contribution in [0.2, 0.25) is 5.15 Å². The number of nitrogens with zero attached hydrogens (tertiary/aromatic N) is 4. The number of aryl methyl sites for hydroxylation is 1. The van der Waals surface area contributed by atoms with Gasteiger partial charge in [-0.25, -0.2) is 9.97 Å². The number of nitro groups is 1. The first-order valence-corrected chi connectivity index (χ1v) is 7.38. The zero-order valence-electron chi connectivity index (χ0n) is 13.0. The lowest BCUT2D eigenvalue weighted by atomic mass is 10.2. The maximum Gasteiger partial charge on any atom is 0.271 e. The van der Waals surface area contributed by atoms with Crippen molar-refractivity contribution >= 4 is 41.3 Å². The van der Waals surface area contributed by atoms with Crippen LogP contribution in [-0.4, -0.2) is 19.9 Å². The molecule has 128 valence electrons. The van der Waals surface area contributed by atoms with Crippen LogP contribution in [0.25, 0.3) is 11.3 Å². The van der Waals surface area contributed by atoms with Gasteiger partial charge in [-0.05, 0) is 24.6 Å². The Morgan fingerprint density at radius 1 is 1.20 bits per heavy atom. The lowest BCUT2D eigenvalue weighted by Crippen LogP contribution is -2.01. The van der Waals surface area contributed by atoms with Crippen LogP contribution >= 0.6 is 24.0 Å². The monoisotopic (exact) mass is 377 g/mol. The lowest BCUT2D eigenvalue weighted by molar-refractivity contribution is -0.384. The molecule has 0 spiro atoms. The number of rotatable bonds is 4. The standard InChI is InChI=1S/C16H12ClN5O2.ClH/c1-10-4-5-12(22(23)24)7-13(10)19-16-20-14(8-15(17)21-16)11-3-2-6-18-9-11;/h2-9H,1H3,(H,19,20,21);1H. The van der Waals surface area contributed by atoms with Crippen molar-refractivity contribution in [1.82, 2.24) is 15.0 Å². The Morgan fingerprint density at radius 2 is 2.00 bits per heavy atom. The van der Waals surface area contributed by atoms with E-state index in [4.69, 9.17) is 11.6 Å². The highest BCUT2D eigenvalue weighted by atomic mass is 35.5. The zero-order chi connectivity index (χ0) is 17.1. The molecule has 0 unspecified atom stereocenters. The smallest absolute Gasteiger partial charge is 0.271 e. The quantitative estimate of drug-likeness (QED) is 0.406. The van der Waals surface area contributed by atoms with E-state index < -0.39 is 4.92 Å². The molecule has 0 saturated heterocycles. The molecular formula is C16H13Cl2N5O2. The molecule has 0 aliphatic carbocycles. The van der Waals surface area contributed by atoms with E-state index in [1.54, 1.807) is 30.6 Å². The topological polar surface area (TPSA) is 93.8 Å². The molecule has 0 amide bonds. The van der Waals surface area contributed by atoms with E-state index in [0.717, 1.165) is 11.1 Å². The van der Waals surface area contributed by atoms with E-state index in [0.29, 0.717) is 11.4 Å². The molecule has 3 aromatic rings. The molecule has 25 heavy (non-hydrogen) atoms. The number of nitro benzene ring substituents is 1. The van der Waals surface area contributed by atoms with Gasteiger partial charge in [0.1, 0.15) is 5.15 Å². The summed E-state index contributed by atoms with van der Waals surface area (Å²) in [6.45, 7) is 1.83. The Balaban J connectivity index is 0.00000225. The zero-order valence-corrected chi connectivity index (χ0v) is 14.6. The van der Waals surface area contributed by atoms with E-state index in [2.05, 4.69) is 20.3 Å². The first kappa shape index (κ1) is 18.6. The molecule has 9 heteroatoms. The predicted octanol–water partition coefficient (Wildman–Crippen LogP) is 4.57. The van der Waals surface area contributed by atoms with Gasteiger partial charge < -0.3 is 5.32 Å². The van der Waals surface area contributed by atoms with Crippen LogP contribution in [0.1, 0.15) is 5.56 Å². The highest BCUT2D eigenvalue weighted by Crippen LogP contribution is 2.26. The molecule has 7 nitrogen and oxygen atoms in total. The van der Waals surface area contributed by atoms with Crippen LogP contribution in [0, 0.1) is 17.0 Å². The van der Waals surface area contributed by atoms with E-state index in [1.165, 1.54) is 12.1 Å². The summed E-state index contributed by atoms with van der Waals surface area (Å²) in [6, 6.07) is 9.82. The second-order valence-corrected chi connectivity index (χ2v) is 5.41. The van der Waals surface area contributed by atoms with Gasteiger partial charge in [0.05, 0.1) is 16.3 Å². The molecule has 0 bridgehead atoms. The van der Waals surface area contributed by atoms with Gasteiger partial charge in [-0.15, -0.1) is 12.4 Å². The van der Waals surface area contributed by atoms with Crippen LogP contribution < -0.4 is 5.32 Å². The summed E-state index contributed by atoms with van der Waals surface area (Å²) in [5, 5.41) is 14.2. The Hall–Kier alpha value is -2.77. The van der Waals surface area contributed by atoms with Crippen molar-refractivity contribution in [2.75, 3.05) is 5.32 Å². The number of anilines is 2. The number of hydrogen-bond acceptors (Lipinski definition) is 6. The summed E-state index contributed by atoms with van der Waals surface area (Å²) in [4.78, 5) is 23.0. The normalized spacial score (nSPS) is 10.0. The van der Waals surface area contributed by atoms with E-state index in [1.807, 2.05) is 13.0 Å². The van der Waals surface area contributed by atoms with Crippen LogP contribution in [0.15, 0.2) is 48.8 Å². The summed E-state index contributed by atoms with van der Waals surface area (Å²) < 4.78 is 0. The number of hydrogen-bond donors (Lipinski definition) is 1. The van der Waals surface area contributed by atoms with Crippen LogP contribution in [0.4, 0.5) is 17.3 Å². The third-order valence-electron chi connectivity index (χ3n) is 3.33. The van der Waals surface area contributed by atoms with Gasteiger partial charge in [0.2, 0.25) is 5.95 Å². The largest absolute Gasteiger partial charge is 0.324 e. The third-order valence-corrected chi connectivity index (χ3v) is 3.52. The van der Waals surface area contributed by atoms with E-state index in [9.17, 15) is 10.1 Å². The number of pyridine rings is 1. The van der Waals surface area contributed by atoms with Crippen LogP contribution in [0.5, 0.6) is 0 Å². The van der Waals surface area contributed by atoms with Crippen LogP contribution in [-0.2, 0) is 0 Å². The molecule has 0 atom stereocenters.